The second-order valence-electron chi connectivity index (χ2n) is 6.35. The van der Waals surface area contributed by atoms with Crippen LogP contribution < -0.4 is 10.1 Å². The molecule has 0 aliphatic rings. The molecule has 0 aliphatic heterocycles. The minimum Gasteiger partial charge on any atom is -0.480 e. The van der Waals surface area contributed by atoms with Gasteiger partial charge in [0.05, 0.1) is 10.9 Å². The summed E-state index contributed by atoms with van der Waals surface area (Å²) in [5, 5.41) is 2.93. The van der Waals surface area contributed by atoms with Crippen LogP contribution in [0, 0.1) is 6.92 Å². The number of nitrogens with one attached hydrogen (secondary N) is 1. The Morgan fingerprint density at radius 1 is 1.12 bits per heavy atom. The van der Waals surface area contributed by atoms with Gasteiger partial charge >= 0.3 is 0 Å². The summed E-state index contributed by atoms with van der Waals surface area (Å²) in [4.78, 5) is 12.8. The average molecular weight is 375 g/mol. The molecule has 2 atom stereocenters. The van der Waals surface area contributed by atoms with Crippen molar-refractivity contribution in [2.45, 2.75) is 44.2 Å². The number of aryl methyl sites for hydroxylation is 1. The Morgan fingerprint density at radius 3 is 2.27 bits per heavy atom. The number of hydrogen-bond donors (Lipinski definition) is 1. The third-order valence-corrected chi connectivity index (χ3v) is 5.32. The van der Waals surface area contributed by atoms with Crippen molar-refractivity contribution in [2.24, 2.45) is 0 Å². The van der Waals surface area contributed by atoms with E-state index in [1.54, 1.807) is 24.3 Å². The molecule has 2 rings (SSSR count). The first-order valence-corrected chi connectivity index (χ1v) is 10.4. The molecule has 1 N–H and O–H groups in total. The second kappa shape index (κ2) is 8.36. The van der Waals surface area contributed by atoms with Gasteiger partial charge in [-0.05, 0) is 49.6 Å². The fraction of sp³-hybridized carbons (Fsp3) is 0.350. The molecule has 0 spiro atoms. The Balaban J connectivity index is 2.06. The summed E-state index contributed by atoms with van der Waals surface area (Å²) >= 11 is 0. The smallest absolute Gasteiger partial charge is 0.261 e. The lowest BCUT2D eigenvalue weighted by Crippen LogP contribution is -2.39. The topological polar surface area (TPSA) is 72.5 Å². The SMILES string of the molecule is CC[C@@H](Oc1ccccc1C)C(=O)N[C@@H](C)c1ccc(S(C)(=O)=O)cc1. The Hall–Kier alpha value is -2.34. The van der Waals surface area contributed by atoms with Crippen LogP contribution in [-0.2, 0) is 14.6 Å². The van der Waals surface area contributed by atoms with E-state index in [0.29, 0.717) is 12.2 Å². The van der Waals surface area contributed by atoms with E-state index in [1.807, 2.05) is 45.0 Å². The highest BCUT2D eigenvalue weighted by atomic mass is 32.2. The van der Waals surface area contributed by atoms with Crippen molar-refractivity contribution in [1.29, 1.82) is 0 Å². The lowest BCUT2D eigenvalue weighted by molar-refractivity contribution is -0.128. The van der Waals surface area contributed by atoms with Crippen molar-refractivity contribution in [3.8, 4) is 5.75 Å². The Kier molecular flexibility index (Phi) is 6.42. The van der Waals surface area contributed by atoms with Gasteiger partial charge in [-0.15, -0.1) is 0 Å². The van der Waals surface area contributed by atoms with E-state index in [2.05, 4.69) is 5.32 Å². The van der Waals surface area contributed by atoms with Crippen molar-refractivity contribution in [1.82, 2.24) is 5.32 Å². The van der Waals surface area contributed by atoms with Crippen LogP contribution in [0.1, 0.15) is 37.4 Å². The van der Waals surface area contributed by atoms with Crippen molar-refractivity contribution in [2.75, 3.05) is 6.26 Å². The quantitative estimate of drug-likeness (QED) is 0.805. The molecular formula is C20H25NO4S. The van der Waals surface area contributed by atoms with Crippen LogP contribution in [0.5, 0.6) is 5.75 Å². The second-order valence-corrected chi connectivity index (χ2v) is 8.37. The first-order chi connectivity index (χ1) is 12.2. The van der Waals surface area contributed by atoms with Gasteiger partial charge in [-0.1, -0.05) is 37.3 Å². The summed E-state index contributed by atoms with van der Waals surface area (Å²) in [6.07, 6.45) is 1.12. The van der Waals surface area contributed by atoms with Crippen LogP contribution in [0.4, 0.5) is 0 Å². The molecule has 0 radical (unpaired) electrons. The fourth-order valence-corrected chi connectivity index (χ4v) is 3.19. The minimum atomic E-state index is -3.23. The average Bonchev–Trinajstić information content (AvgIpc) is 2.60. The van der Waals surface area contributed by atoms with Crippen LogP contribution in [-0.4, -0.2) is 26.7 Å². The maximum absolute atomic E-state index is 12.6. The highest BCUT2D eigenvalue weighted by Gasteiger charge is 2.21. The molecule has 0 saturated carbocycles. The number of rotatable bonds is 7. The summed E-state index contributed by atoms with van der Waals surface area (Å²) in [6, 6.07) is 13.8. The Labute approximate surface area is 155 Å². The van der Waals surface area contributed by atoms with Gasteiger partial charge in [-0.25, -0.2) is 8.42 Å². The molecule has 0 heterocycles. The molecule has 1 amide bonds. The fourth-order valence-electron chi connectivity index (χ4n) is 2.56. The predicted octanol–water partition coefficient (Wildman–Crippen LogP) is 3.43. The largest absolute Gasteiger partial charge is 0.480 e. The normalized spacial score (nSPS) is 13.7. The van der Waals surface area contributed by atoms with E-state index < -0.39 is 15.9 Å². The van der Waals surface area contributed by atoms with E-state index in [-0.39, 0.29) is 16.8 Å². The van der Waals surface area contributed by atoms with Crippen LogP contribution in [0.2, 0.25) is 0 Å². The van der Waals surface area contributed by atoms with Crippen LogP contribution in [0.3, 0.4) is 0 Å². The monoisotopic (exact) mass is 375 g/mol. The van der Waals surface area contributed by atoms with Crippen molar-refractivity contribution in [3.63, 3.8) is 0 Å². The summed E-state index contributed by atoms with van der Waals surface area (Å²) in [5.74, 6) is 0.495. The summed E-state index contributed by atoms with van der Waals surface area (Å²) in [6.45, 7) is 5.69. The van der Waals surface area contributed by atoms with Gasteiger partial charge < -0.3 is 10.1 Å². The zero-order valence-corrected chi connectivity index (χ0v) is 16.3. The molecule has 0 unspecified atom stereocenters. The zero-order valence-electron chi connectivity index (χ0n) is 15.5. The lowest BCUT2D eigenvalue weighted by atomic mass is 10.1. The Bertz CT molecular complexity index is 860. The molecule has 0 aromatic heterocycles. The van der Waals surface area contributed by atoms with Crippen LogP contribution in [0.25, 0.3) is 0 Å². The molecule has 140 valence electrons. The number of carbonyl (C=O) groups is 1. The van der Waals surface area contributed by atoms with Crippen molar-refractivity contribution < 1.29 is 17.9 Å². The summed E-state index contributed by atoms with van der Waals surface area (Å²) < 4.78 is 28.9. The maximum Gasteiger partial charge on any atom is 0.261 e. The van der Waals surface area contributed by atoms with Gasteiger partial charge in [0.1, 0.15) is 5.75 Å². The number of para-hydroxylation sites is 1. The van der Waals surface area contributed by atoms with E-state index in [1.165, 1.54) is 6.26 Å². The van der Waals surface area contributed by atoms with Gasteiger partial charge in [0.25, 0.3) is 5.91 Å². The maximum atomic E-state index is 12.6. The van der Waals surface area contributed by atoms with Crippen LogP contribution in [0.15, 0.2) is 53.4 Å². The molecule has 6 heteroatoms. The standard InChI is InChI=1S/C20H25NO4S/c1-5-18(25-19-9-7-6-8-14(19)2)20(22)21-15(3)16-10-12-17(13-11-16)26(4,23)24/h6-13,15,18H,5H2,1-4H3,(H,21,22)/t15-,18+/m0/s1. The zero-order chi connectivity index (χ0) is 19.3. The predicted molar refractivity (Wildman–Crippen MR) is 102 cm³/mol. The van der Waals surface area contributed by atoms with E-state index in [0.717, 1.165) is 11.1 Å². The number of ether oxygens (including phenoxy) is 1. The first kappa shape index (κ1) is 20.0. The third-order valence-electron chi connectivity index (χ3n) is 4.19. The number of carbonyl (C=O) groups excluding carboxylic acids is 1. The van der Waals surface area contributed by atoms with Crippen LogP contribution >= 0.6 is 0 Å². The van der Waals surface area contributed by atoms with E-state index in [4.69, 9.17) is 4.74 Å². The van der Waals surface area contributed by atoms with Crippen molar-refractivity contribution in [3.05, 3.63) is 59.7 Å². The number of sulfone groups is 1. The number of amides is 1. The number of hydrogen-bond acceptors (Lipinski definition) is 4. The van der Waals surface area contributed by atoms with E-state index >= 15 is 0 Å². The molecule has 2 aromatic carbocycles. The molecule has 26 heavy (non-hydrogen) atoms. The third kappa shape index (κ3) is 5.08. The van der Waals surface area contributed by atoms with Gasteiger partial charge in [0, 0.05) is 6.26 Å². The molecule has 2 aromatic rings. The minimum absolute atomic E-state index is 0.199. The molecular weight excluding hydrogens is 350 g/mol. The highest BCUT2D eigenvalue weighted by molar-refractivity contribution is 7.90. The highest BCUT2D eigenvalue weighted by Crippen LogP contribution is 2.20. The van der Waals surface area contributed by atoms with Gasteiger partial charge in [-0.2, -0.15) is 0 Å². The lowest BCUT2D eigenvalue weighted by Gasteiger charge is -2.21. The van der Waals surface area contributed by atoms with E-state index in [9.17, 15) is 13.2 Å². The number of benzene rings is 2. The van der Waals surface area contributed by atoms with Gasteiger partial charge in [0.15, 0.2) is 15.9 Å². The Morgan fingerprint density at radius 2 is 1.73 bits per heavy atom. The summed E-state index contributed by atoms with van der Waals surface area (Å²) in [5.41, 5.74) is 1.81. The molecule has 0 fully saturated rings. The van der Waals surface area contributed by atoms with Crippen molar-refractivity contribution >= 4 is 15.7 Å². The van der Waals surface area contributed by atoms with Gasteiger partial charge in [0.2, 0.25) is 0 Å². The first-order valence-electron chi connectivity index (χ1n) is 8.55. The molecule has 0 bridgehead atoms. The van der Waals surface area contributed by atoms with Gasteiger partial charge in [-0.3, -0.25) is 4.79 Å². The molecule has 5 nitrogen and oxygen atoms in total. The molecule has 0 aliphatic carbocycles. The molecule has 0 saturated heterocycles. The summed E-state index contributed by atoms with van der Waals surface area (Å²) in [7, 11) is -3.23.